The number of hydrogen-bond donors (Lipinski definition) is 2. The molecule has 1 aromatic rings. The fraction of sp³-hybridized carbons (Fsp3) is 0.600. The molecule has 0 radical (unpaired) electrons. The van der Waals surface area contributed by atoms with Crippen LogP contribution in [0.5, 0.6) is 0 Å². The number of imidazole rings is 1. The van der Waals surface area contributed by atoms with Gasteiger partial charge in [0.2, 0.25) is 11.9 Å². The number of rotatable bonds is 6. The summed E-state index contributed by atoms with van der Waals surface area (Å²) in [7, 11) is 1.59. The van der Waals surface area contributed by atoms with Crippen LogP contribution >= 0.6 is 0 Å². The number of nitrogens with one attached hydrogen (secondary N) is 2. The number of hydrogen-bond acceptors (Lipinski definition) is 6. The second-order valence-corrected chi connectivity index (χ2v) is 5.97. The summed E-state index contributed by atoms with van der Waals surface area (Å²) in [4.78, 5) is 39.0. The maximum Gasteiger partial charge on any atom is 0.407 e. The van der Waals surface area contributed by atoms with Crippen LogP contribution in [-0.2, 0) is 21.3 Å². The van der Waals surface area contributed by atoms with Crippen LogP contribution in [0.4, 0.5) is 10.7 Å². The Morgan fingerprint density at radius 3 is 2.54 bits per heavy atom. The Bertz CT molecular complexity index is 603. The van der Waals surface area contributed by atoms with Crippen molar-refractivity contribution in [3.63, 3.8) is 0 Å². The molecule has 1 aromatic heterocycles. The summed E-state index contributed by atoms with van der Waals surface area (Å²) in [6, 6.07) is 0. The highest BCUT2D eigenvalue weighted by atomic mass is 16.6. The lowest BCUT2D eigenvalue weighted by atomic mass is 10.2. The van der Waals surface area contributed by atoms with Gasteiger partial charge in [-0.1, -0.05) is 0 Å². The van der Waals surface area contributed by atoms with Crippen molar-refractivity contribution >= 4 is 23.9 Å². The van der Waals surface area contributed by atoms with E-state index in [1.807, 2.05) is 0 Å². The van der Waals surface area contributed by atoms with Crippen LogP contribution < -0.4 is 10.6 Å². The molecule has 0 spiro atoms. The second-order valence-electron chi connectivity index (χ2n) is 5.97. The predicted octanol–water partition coefficient (Wildman–Crippen LogP) is 1.45. The summed E-state index contributed by atoms with van der Waals surface area (Å²) in [5, 5.41) is 5.05. The zero-order valence-corrected chi connectivity index (χ0v) is 14.6. The number of nitrogens with zero attached hydrogens (tertiary/aromatic N) is 2. The normalized spacial score (nSPS) is 10.9. The molecule has 9 nitrogen and oxygen atoms in total. The molecule has 0 atom stereocenters. The van der Waals surface area contributed by atoms with Crippen LogP contribution in [-0.4, -0.2) is 46.3 Å². The highest BCUT2D eigenvalue weighted by Crippen LogP contribution is 2.10. The summed E-state index contributed by atoms with van der Waals surface area (Å²) in [6.45, 7) is 7.33. The fourth-order valence-corrected chi connectivity index (χ4v) is 1.70. The molecule has 0 saturated carbocycles. The summed E-state index contributed by atoms with van der Waals surface area (Å²) in [5.74, 6) is -0.643. The van der Waals surface area contributed by atoms with Gasteiger partial charge < -0.3 is 19.4 Å². The maximum atomic E-state index is 11.9. The molecule has 134 valence electrons. The Morgan fingerprint density at radius 1 is 1.29 bits per heavy atom. The highest BCUT2D eigenvalue weighted by Gasteiger charge is 2.18. The van der Waals surface area contributed by atoms with Crippen molar-refractivity contribution in [3.05, 3.63) is 11.9 Å². The van der Waals surface area contributed by atoms with E-state index in [0.29, 0.717) is 0 Å². The first-order valence-electron chi connectivity index (χ1n) is 7.59. The molecule has 1 rings (SSSR count). The third kappa shape index (κ3) is 6.27. The first-order chi connectivity index (χ1) is 11.1. The van der Waals surface area contributed by atoms with Gasteiger partial charge in [-0.05, 0) is 27.7 Å². The van der Waals surface area contributed by atoms with Gasteiger partial charge in [0.05, 0.1) is 12.8 Å². The molecule has 0 aliphatic rings. The average molecular weight is 340 g/mol. The smallest absolute Gasteiger partial charge is 0.407 e. The lowest BCUT2D eigenvalue weighted by Crippen LogP contribution is -2.34. The predicted molar refractivity (Wildman–Crippen MR) is 86.6 cm³/mol. The fourth-order valence-electron chi connectivity index (χ4n) is 1.70. The molecule has 0 aliphatic heterocycles. The zero-order valence-electron chi connectivity index (χ0n) is 14.6. The standard InChI is InChI=1S/C15H24N4O5/c1-6-23-12(21)10-9-17-13(19(10)5)18-11(20)7-8-16-14(22)24-15(2,3)4/h9H,6-8H2,1-5H3,(H,16,22)(H,17,18,20). The van der Waals surface area contributed by atoms with Crippen LogP contribution in [0.25, 0.3) is 0 Å². The molecular formula is C15H24N4O5. The van der Waals surface area contributed by atoms with E-state index >= 15 is 0 Å². The Hall–Kier alpha value is -2.58. The quantitative estimate of drug-likeness (QED) is 0.758. The molecular weight excluding hydrogens is 316 g/mol. The minimum Gasteiger partial charge on any atom is -0.461 e. The van der Waals surface area contributed by atoms with Crippen LogP contribution in [0.1, 0.15) is 44.6 Å². The Morgan fingerprint density at radius 2 is 1.96 bits per heavy atom. The number of alkyl carbamates (subject to hydrolysis) is 1. The van der Waals surface area contributed by atoms with Gasteiger partial charge >= 0.3 is 12.1 Å². The molecule has 0 aromatic carbocycles. The van der Waals surface area contributed by atoms with Crippen LogP contribution in [0, 0.1) is 0 Å². The van der Waals surface area contributed by atoms with E-state index in [9.17, 15) is 14.4 Å². The van der Waals surface area contributed by atoms with E-state index in [2.05, 4.69) is 15.6 Å². The molecule has 2 amide bonds. The summed E-state index contributed by atoms with van der Waals surface area (Å²) >= 11 is 0. The Balaban J connectivity index is 2.46. The Labute approximate surface area is 140 Å². The molecule has 1 heterocycles. The van der Waals surface area contributed by atoms with Crippen molar-refractivity contribution in [2.75, 3.05) is 18.5 Å². The molecule has 9 heteroatoms. The lowest BCUT2D eigenvalue weighted by molar-refractivity contribution is -0.116. The number of carbonyl (C=O) groups is 3. The number of ether oxygens (including phenoxy) is 2. The summed E-state index contributed by atoms with van der Waals surface area (Å²) in [6.07, 6.45) is 0.782. The van der Waals surface area contributed by atoms with E-state index in [1.165, 1.54) is 10.8 Å². The molecule has 0 aliphatic carbocycles. The first-order valence-corrected chi connectivity index (χ1v) is 7.59. The van der Waals surface area contributed by atoms with Crippen molar-refractivity contribution in [2.45, 2.75) is 39.7 Å². The molecule has 2 N–H and O–H groups in total. The van der Waals surface area contributed by atoms with Crippen molar-refractivity contribution in [3.8, 4) is 0 Å². The minimum atomic E-state index is -0.594. The van der Waals surface area contributed by atoms with E-state index in [4.69, 9.17) is 9.47 Å². The summed E-state index contributed by atoms with van der Waals surface area (Å²) in [5.41, 5.74) is -0.359. The number of amides is 2. The lowest BCUT2D eigenvalue weighted by Gasteiger charge is -2.19. The van der Waals surface area contributed by atoms with Crippen molar-refractivity contribution < 1.29 is 23.9 Å². The topological polar surface area (TPSA) is 112 Å². The SMILES string of the molecule is CCOC(=O)c1cnc(NC(=O)CCNC(=O)OC(C)(C)C)n1C. The molecule has 24 heavy (non-hydrogen) atoms. The third-order valence-electron chi connectivity index (χ3n) is 2.74. The van der Waals surface area contributed by atoms with Gasteiger partial charge in [0.15, 0.2) is 0 Å². The van der Waals surface area contributed by atoms with Gasteiger partial charge in [-0.25, -0.2) is 14.6 Å². The second kappa shape index (κ2) is 8.32. The molecule has 0 fully saturated rings. The van der Waals surface area contributed by atoms with E-state index < -0.39 is 17.7 Å². The zero-order chi connectivity index (χ0) is 18.3. The molecule has 0 unspecified atom stereocenters. The van der Waals surface area contributed by atoms with Crippen molar-refractivity contribution in [2.24, 2.45) is 7.05 Å². The van der Waals surface area contributed by atoms with Crippen LogP contribution in [0.3, 0.4) is 0 Å². The third-order valence-corrected chi connectivity index (χ3v) is 2.74. The highest BCUT2D eigenvalue weighted by molar-refractivity contribution is 5.92. The molecule has 0 saturated heterocycles. The van der Waals surface area contributed by atoms with Gasteiger partial charge in [-0.2, -0.15) is 0 Å². The maximum absolute atomic E-state index is 11.9. The van der Waals surface area contributed by atoms with Gasteiger partial charge in [0, 0.05) is 20.0 Å². The number of aromatic nitrogens is 2. The average Bonchev–Trinajstić information content (AvgIpc) is 2.78. The monoisotopic (exact) mass is 340 g/mol. The molecule has 0 bridgehead atoms. The van der Waals surface area contributed by atoms with Gasteiger partial charge in [-0.15, -0.1) is 0 Å². The van der Waals surface area contributed by atoms with Crippen molar-refractivity contribution in [1.82, 2.24) is 14.9 Å². The Kier molecular flexibility index (Phi) is 6.75. The number of carbonyl (C=O) groups excluding carboxylic acids is 3. The first kappa shape index (κ1) is 19.5. The van der Waals surface area contributed by atoms with Gasteiger partial charge in [-0.3, -0.25) is 10.1 Å². The van der Waals surface area contributed by atoms with E-state index in [-0.39, 0.29) is 37.1 Å². The van der Waals surface area contributed by atoms with Gasteiger partial charge in [0.1, 0.15) is 11.3 Å². The van der Waals surface area contributed by atoms with Gasteiger partial charge in [0.25, 0.3) is 0 Å². The summed E-state index contributed by atoms with van der Waals surface area (Å²) < 4.78 is 11.4. The number of esters is 1. The van der Waals surface area contributed by atoms with E-state index in [0.717, 1.165) is 0 Å². The van der Waals surface area contributed by atoms with Crippen molar-refractivity contribution in [1.29, 1.82) is 0 Å². The largest absolute Gasteiger partial charge is 0.461 e. The minimum absolute atomic E-state index is 0.0425. The van der Waals surface area contributed by atoms with Crippen LogP contribution in [0.15, 0.2) is 6.20 Å². The number of anilines is 1. The van der Waals surface area contributed by atoms with E-state index in [1.54, 1.807) is 34.7 Å². The van der Waals surface area contributed by atoms with Crippen LogP contribution in [0.2, 0.25) is 0 Å².